The topological polar surface area (TPSA) is 51.6 Å². The van der Waals surface area contributed by atoms with Gasteiger partial charge in [0.05, 0.1) is 39.1 Å². The predicted octanol–water partition coefficient (Wildman–Crippen LogP) is 14.5. The number of hydrogen-bond acceptors (Lipinski definition) is 4. The first-order chi connectivity index (χ1) is 29.7. The van der Waals surface area contributed by atoms with Crippen LogP contribution in [0, 0.1) is 0 Å². The monoisotopic (exact) mass is 762 g/mol. The Morgan fingerprint density at radius 3 is 1.35 bits per heavy atom. The van der Waals surface area contributed by atoms with Crippen molar-refractivity contribution in [1.82, 2.24) is 19.9 Å². The number of benzene rings is 8. The molecule has 0 atom stereocenters. The van der Waals surface area contributed by atoms with Gasteiger partial charge in [-0.1, -0.05) is 152 Å². The minimum atomic E-state index is 0.920. The molecule has 4 heterocycles. The van der Waals surface area contributed by atoms with Crippen molar-refractivity contribution < 1.29 is 0 Å². The van der Waals surface area contributed by atoms with Crippen molar-refractivity contribution in [3.8, 4) is 56.0 Å². The first-order valence-electron chi connectivity index (χ1n) is 20.3. The van der Waals surface area contributed by atoms with Gasteiger partial charge < -0.3 is 0 Å². The van der Waals surface area contributed by atoms with Gasteiger partial charge in [-0.2, -0.15) is 0 Å². The van der Waals surface area contributed by atoms with Crippen molar-refractivity contribution in [2.45, 2.75) is 0 Å². The summed E-state index contributed by atoms with van der Waals surface area (Å²) in [5, 5.41) is 9.24. The van der Waals surface area contributed by atoms with E-state index in [2.05, 4.69) is 199 Å². The minimum absolute atomic E-state index is 0.920. The number of hydrogen-bond donors (Lipinski definition) is 0. The molecule has 0 fully saturated rings. The van der Waals surface area contributed by atoms with Crippen LogP contribution in [-0.4, -0.2) is 19.9 Å². The Bertz CT molecular complexity index is 3590. The van der Waals surface area contributed by atoms with Gasteiger partial charge in [-0.25, -0.2) is 15.0 Å². The van der Waals surface area contributed by atoms with Crippen LogP contribution in [0.15, 0.2) is 206 Å². The molecular weight excluding hydrogens is 729 g/mol. The van der Waals surface area contributed by atoms with E-state index in [4.69, 9.17) is 15.0 Å². The maximum Gasteiger partial charge on any atom is 0.0972 e. The fourth-order valence-electron chi connectivity index (χ4n) is 8.93. The molecule has 0 radical (unpaired) electrons. The first-order valence-corrected chi connectivity index (χ1v) is 20.3. The lowest BCUT2D eigenvalue weighted by molar-refractivity contribution is 1.36. The molecule has 0 unspecified atom stereocenters. The van der Waals surface area contributed by atoms with Crippen LogP contribution in [-0.2, 0) is 0 Å². The van der Waals surface area contributed by atoms with E-state index >= 15 is 0 Å². The van der Waals surface area contributed by atoms with Crippen LogP contribution in [0.25, 0.3) is 121 Å². The quantitative estimate of drug-likeness (QED) is 0.129. The molecule has 60 heavy (non-hydrogen) atoms. The number of nitrogens with zero attached hydrogens (tertiary/aromatic N) is 4. The van der Waals surface area contributed by atoms with Gasteiger partial charge in [0, 0.05) is 44.4 Å². The van der Waals surface area contributed by atoms with E-state index in [0.717, 1.165) is 88.5 Å². The maximum absolute atomic E-state index is 5.30. The van der Waals surface area contributed by atoms with Crippen molar-refractivity contribution in [3.63, 3.8) is 0 Å². The number of pyridine rings is 4. The zero-order valence-corrected chi connectivity index (χ0v) is 32.4. The summed E-state index contributed by atoms with van der Waals surface area (Å²) < 4.78 is 0. The predicted molar refractivity (Wildman–Crippen MR) is 250 cm³/mol. The molecule has 0 saturated carbocycles. The Hall–Kier alpha value is -8.08. The molecule has 0 aliphatic rings. The smallest absolute Gasteiger partial charge is 0.0972 e. The van der Waals surface area contributed by atoms with E-state index in [0.29, 0.717) is 0 Å². The second-order valence-electron chi connectivity index (χ2n) is 15.4. The van der Waals surface area contributed by atoms with E-state index in [1.807, 2.05) is 12.3 Å². The molecule has 278 valence electrons. The molecule has 0 saturated heterocycles. The van der Waals surface area contributed by atoms with E-state index in [1.165, 1.54) is 32.7 Å². The van der Waals surface area contributed by atoms with E-state index in [9.17, 15) is 0 Å². The highest BCUT2D eigenvalue weighted by Gasteiger charge is 2.18. The van der Waals surface area contributed by atoms with Gasteiger partial charge in [0.25, 0.3) is 0 Å². The number of fused-ring (bicyclic) bond motifs is 7. The summed E-state index contributed by atoms with van der Waals surface area (Å²) in [6.07, 6.45) is 1.83. The third-order valence-corrected chi connectivity index (χ3v) is 11.9. The highest BCUT2D eigenvalue weighted by Crippen LogP contribution is 2.43. The van der Waals surface area contributed by atoms with Gasteiger partial charge in [-0.3, -0.25) is 4.98 Å². The Morgan fingerprint density at radius 2 is 0.733 bits per heavy atom. The summed E-state index contributed by atoms with van der Waals surface area (Å²) in [5.74, 6) is 0. The number of rotatable bonds is 5. The summed E-state index contributed by atoms with van der Waals surface area (Å²) in [5.41, 5.74) is 14.7. The van der Waals surface area contributed by atoms with Crippen LogP contribution >= 0.6 is 0 Å². The second-order valence-corrected chi connectivity index (χ2v) is 15.4. The highest BCUT2D eigenvalue weighted by molar-refractivity contribution is 6.21. The molecular formula is C56H34N4. The molecule has 0 aliphatic heterocycles. The summed E-state index contributed by atoms with van der Waals surface area (Å²) in [6.45, 7) is 0. The third kappa shape index (κ3) is 5.69. The molecule has 12 rings (SSSR count). The lowest BCUT2D eigenvalue weighted by Gasteiger charge is -2.17. The van der Waals surface area contributed by atoms with E-state index in [1.54, 1.807) is 0 Å². The normalized spacial score (nSPS) is 11.7. The summed E-state index contributed by atoms with van der Waals surface area (Å²) in [7, 11) is 0. The van der Waals surface area contributed by atoms with E-state index in [-0.39, 0.29) is 0 Å². The zero-order chi connectivity index (χ0) is 39.6. The van der Waals surface area contributed by atoms with Crippen LogP contribution in [0.3, 0.4) is 0 Å². The molecule has 0 spiro atoms. The Balaban J connectivity index is 0.850. The van der Waals surface area contributed by atoms with Crippen molar-refractivity contribution >= 4 is 65.2 Å². The minimum Gasteiger partial charge on any atom is -0.254 e. The fraction of sp³-hybridized carbons (Fsp3) is 0. The van der Waals surface area contributed by atoms with Crippen LogP contribution in [0.4, 0.5) is 0 Å². The second kappa shape index (κ2) is 13.8. The average Bonchev–Trinajstić information content (AvgIpc) is 3.32. The Kier molecular flexibility index (Phi) is 7.82. The molecule has 0 N–H and O–H groups in total. The molecule has 4 nitrogen and oxygen atoms in total. The average molecular weight is 763 g/mol. The highest BCUT2D eigenvalue weighted by atomic mass is 14.8. The van der Waals surface area contributed by atoms with Gasteiger partial charge in [0.15, 0.2) is 0 Å². The molecule has 4 heteroatoms. The SMILES string of the molecule is c1ccc(-c2c3ccccc3c(-c3ccc4cc(-c5ccc6nc(-c7ccc(-c8ccc9ccc%10cccnc%10c9n8)cc7)ccc6c5)ccc4n3)c3ccccc23)cc1. The van der Waals surface area contributed by atoms with Gasteiger partial charge in [-0.15, -0.1) is 0 Å². The largest absolute Gasteiger partial charge is 0.254 e. The lowest BCUT2D eigenvalue weighted by Crippen LogP contribution is -1.93. The van der Waals surface area contributed by atoms with Crippen LogP contribution in [0.5, 0.6) is 0 Å². The molecule has 8 aromatic carbocycles. The van der Waals surface area contributed by atoms with Crippen molar-refractivity contribution in [2.75, 3.05) is 0 Å². The molecule has 12 aromatic rings. The molecule has 4 aromatic heterocycles. The number of aromatic nitrogens is 4. The maximum atomic E-state index is 5.30. The summed E-state index contributed by atoms with van der Waals surface area (Å²) >= 11 is 0. The van der Waals surface area contributed by atoms with Gasteiger partial charge >= 0.3 is 0 Å². The summed E-state index contributed by atoms with van der Waals surface area (Å²) in [4.78, 5) is 20.0. The summed E-state index contributed by atoms with van der Waals surface area (Å²) in [6, 6.07) is 70.9. The lowest BCUT2D eigenvalue weighted by atomic mass is 9.87. The first kappa shape index (κ1) is 34.0. The zero-order valence-electron chi connectivity index (χ0n) is 32.4. The molecule has 0 aliphatic carbocycles. The fourth-order valence-corrected chi connectivity index (χ4v) is 8.93. The van der Waals surface area contributed by atoms with Gasteiger partial charge in [0.1, 0.15) is 0 Å². The molecule has 0 amide bonds. The van der Waals surface area contributed by atoms with Gasteiger partial charge in [0.2, 0.25) is 0 Å². The Morgan fingerprint density at radius 1 is 0.267 bits per heavy atom. The van der Waals surface area contributed by atoms with Crippen LogP contribution < -0.4 is 0 Å². The van der Waals surface area contributed by atoms with Crippen LogP contribution in [0.2, 0.25) is 0 Å². The van der Waals surface area contributed by atoms with Crippen LogP contribution in [0.1, 0.15) is 0 Å². The van der Waals surface area contributed by atoms with Gasteiger partial charge in [-0.05, 0) is 92.3 Å². The molecule has 0 bridgehead atoms. The Labute approximate surface area is 346 Å². The standard InChI is InChI=1S/C56H34N4/c1-2-9-37(10-3-1)53-44-12-4-6-14-46(44)54(47-15-7-5-13-45(47)53)52-31-26-43-34-41(24-29-51(43)59-52)40-23-28-50-42(33-40)25-30-48(58-50)35-16-18-36(19-17-35)49-27-22-39-21-20-38-11-8-32-57-55(38)56(39)60-49/h1-34H. The third-order valence-electron chi connectivity index (χ3n) is 11.9. The van der Waals surface area contributed by atoms with Crippen molar-refractivity contribution in [2.24, 2.45) is 0 Å². The van der Waals surface area contributed by atoms with Crippen molar-refractivity contribution in [3.05, 3.63) is 206 Å². The van der Waals surface area contributed by atoms with E-state index < -0.39 is 0 Å². The van der Waals surface area contributed by atoms with Crippen molar-refractivity contribution in [1.29, 1.82) is 0 Å².